The molecular weight excluding hydrogens is 446 g/mol. The topological polar surface area (TPSA) is 160 Å². The van der Waals surface area contributed by atoms with Gasteiger partial charge in [0.2, 0.25) is 17.1 Å². The number of hydrogen-bond acceptors (Lipinski definition) is 10. The molecule has 1 aliphatic heterocycles. The second-order valence-electron chi connectivity index (χ2n) is 7.66. The van der Waals surface area contributed by atoms with Gasteiger partial charge >= 0.3 is 5.97 Å². The Morgan fingerprint density at radius 3 is 2.62 bits per heavy atom. The third-order valence-corrected chi connectivity index (χ3v) is 5.69. The van der Waals surface area contributed by atoms with Crippen LogP contribution in [0.3, 0.4) is 0 Å². The van der Waals surface area contributed by atoms with Crippen LogP contribution in [0.1, 0.15) is 23.5 Å². The van der Waals surface area contributed by atoms with Crippen LogP contribution in [0.4, 0.5) is 0 Å². The summed E-state index contributed by atoms with van der Waals surface area (Å²) in [6.45, 7) is 0. The monoisotopic (exact) mass is 463 g/mol. The van der Waals surface area contributed by atoms with Gasteiger partial charge in [-0.05, 0) is 24.3 Å². The molecule has 0 amide bonds. The van der Waals surface area contributed by atoms with Gasteiger partial charge in [0, 0.05) is 34.9 Å². The Labute approximate surface area is 190 Å². The molecule has 0 saturated heterocycles. The molecule has 0 aliphatic carbocycles. The van der Waals surface area contributed by atoms with Crippen LogP contribution in [0.25, 0.3) is 22.3 Å². The molecule has 10 nitrogen and oxygen atoms in total. The van der Waals surface area contributed by atoms with E-state index in [2.05, 4.69) is 4.98 Å². The Morgan fingerprint density at radius 1 is 1.09 bits per heavy atom. The third-order valence-electron chi connectivity index (χ3n) is 5.69. The van der Waals surface area contributed by atoms with Gasteiger partial charge in [-0.3, -0.25) is 9.59 Å². The lowest BCUT2D eigenvalue weighted by atomic mass is 9.85. The molecule has 1 aliphatic rings. The fraction of sp³-hybridized carbons (Fsp3) is 0.125. The average molecular weight is 463 g/mol. The minimum absolute atomic E-state index is 0.0900. The molecule has 10 heteroatoms. The molecule has 0 saturated carbocycles. The van der Waals surface area contributed by atoms with E-state index >= 15 is 0 Å². The van der Waals surface area contributed by atoms with Crippen molar-refractivity contribution in [1.82, 2.24) is 4.98 Å². The normalized spacial score (nSPS) is 14.2. The predicted octanol–water partition coefficient (Wildman–Crippen LogP) is 3.48. The van der Waals surface area contributed by atoms with E-state index in [9.17, 15) is 30.0 Å². The number of carbonyl (C=O) groups excluding carboxylic acids is 1. The lowest BCUT2D eigenvalue weighted by Crippen LogP contribution is -2.17. The van der Waals surface area contributed by atoms with Gasteiger partial charge < -0.3 is 34.3 Å². The molecule has 34 heavy (non-hydrogen) atoms. The van der Waals surface area contributed by atoms with E-state index in [-0.39, 0.29) is 45.9 Å². The summed E-state index contributed by atoms with van der Waals surface area (Å²) in [5, 5.41) is 40.3. The number of hydrogen-bond donors (Lipinski definition) is 4. The van der Waals surface area contributed by atoms with Crippen molar-refractivity contribution >= 4 is 16.9 Å². The molecule has 0 spiro atoms. The van der Waals surface area contributed by atoms with Gasteiger partial charge in [0.1, 0.15) is 22.5 Å². The summed E-state index contributed by atoms with van der Waals surface area (Å²) in [6.07, 6.45) is 1.36. The molecular formula is C24H17NO9. The molecule has 0 bridgehead atoms. The van der Waals surface area contributed by atoms with Crippen LogP contribution in [0.2, 0.25) is 0 Å². The van der Waals surface area contributed by atoms with Crippen molar-refractivity contribution in [1.29, 1.82) is 0 Å². The molecule has 1 atom stereocenters. The first-order chi connectivity index (χ1) is 16.3. The summed E-state index contributed by atoms with van der Waals surface area (Å²) in [7, 11) is 1.25. The molecule has 5 rings (SSSR count). The highest BCUT2D eigenvalue weighted by atomic mass is 16.5. The number of phenolic OH excluding ortho intramolecular Hbond substituents is 3. The molecule has 172 valence electrons. The van der Waals surface area contributed by atoms with Crippen molar-refractivity contribution in [3.63, 3.8) is 0 Å². The van der Waals surface area contributed by atoms with Gasteiger partial charge in [-0.25, -0.2) is 4.98 Å². The smallest absolute Gasteiger partial charge is 0.306 e. The van der Waals surface area contributed by atoms with E-state index in [0.29, 0.717) is 5.56 Å². The van der Waals surface area contributed by atoms with Crippen molar-refractivity contribution < 1.29 is 39.1 Å². The molecule has 0 fully saturated rings. The van der Waals surface area contributed by atoms with Crippen molar-refractivity contribution in [3.8, 4) is 46.0 Å². The van der Waals surface area contributed by atoms with Gasteiger partial charge in [-0.2, -0.15) is 0 Å². The third kappa shape index (κ3) is 3.15. The number of methoxy groups -OCH3 is 1. The number of phenols is 3. The van der Waals surface area contributed by atoms with E-state index in [4.69, 9.17) is 13.9 Å². The number of fused-ring (bicyclic) bond motifs is 4. The maximum atomic E-state index is 13.1. The van der Waals surface area contributed by atoms with Gasteiger partial charge in [-0.15, -0.1) is 0 Å². The number of nitrogens with zero attached hydrogens (tertiary/aromatic N) is 1. The Kier molecular flexibility index (Phi) is 4.78. The maximum absolute atomic E-state index is 13.1. The first-order valence-electron chi connectivity index (χ1n) is 10.1. The largest absolute Gasteiger partial charge is 0.507 e. The second kappa shape index (κ2) is 7.69. The Bertz CT molecular complexity index is 1540. The Hall–Kier alpha value is -4.73. The Morgan fingerprint density at radius 2 is 1.88 bits per heavy atom. The van der Waals surface area contributed by atoms with Crippen LogP contribution in [-0.4, -0.2) is 38.5 Å². The minimum atomic E-state index is -0.932. The van der Waals surface area contributed by atoms with Crippen molar-refractivity contribution in [2.24, 2.45) is 0 Å². The summed E-state index contributed by atoms with van der Waals surface area (Å²) < 4.78 is 16.6. The molecule has 3 heterocycles. The molecule has 0 radical (unpaired) electrons. The van der Waals surface area contributed by atoms with E-state index in [1.807, 2.05) is 0 Å². The van der Waals surface area contributed by atoms with Crippen LogP contribution < -0.4 is 10.2 Å². The molecule has 4 N–H and O–H groups in total. The number of carbonyl (C=O) groups is 1. The lowest BCUT2D eigenvalue weighted by molar-refractivity contribution is -0.140. The fourth-order valence-corrected chi connectivity index (χ4v) is 4.08. The number of benzene rings is 2. The van der Waals surface area contributed by atoms with Gasteiger partial charge in [0.15, 0.2) is 17.3 Å². The summed E-state index contributed by atoms with van der Waals surface area (Å²) in [6, 6.07) is 8.16. The van der Waals surface area contributed by atoms with E-state index in [1.54, 1.807) is 12.1 Å². The average Bonchev–Trinajstić information content (AvgIpc) is 2.82. The van der Waals surface area contributed by atoms with Crippen LogP contribution >= 0.6 is 0 Å². The second-order valence-corrected chi connectivity index (χ2v) is 7.66. The fourth-order valence-electron chi connectivity index (χ4n) is 4.08. The van der Waals surface area contributed by atoms with E-state index < -0.39 is 40.3 Å². The zero-order valence-corrected chi connectivity index (χ0v) is 17.6. The van der Waals surface area contributed by atoms with Crippen LogP contribution in [-0.2, 0) is 9.53 Å². The number of rotatable bonds is 3. The summed E-state index contributed by atoms with van der Waals surface area (Å²) in [4.78, 5) is 29.5. The number of esters is 1. The highest BCUT2D eigenvalue weighted by Gasteiger charge is 2.35. The number of pyridine rings is 1. The molecule has 2 aromatic heterocycles. The zero-order chi connectivity index (χ0) is 24.1. The summed E-state index contributed by atoms with van der Waals surface area (Å²) >= 11 is 0. The number of aromatic nitrogens is 1. The standard InChI is InChI=1S/C24H17NO9/c1-32-17(29)8-12-11-3-2-6-25-24(11)33-16-9-15(28)19-20(30)21(31)22(34-23(19)18(12)16)10-4-5-13(26)14(27)7-10/h2-7,9,12,26-28,31H,8H2,1H3/t12-/m0/s1. The highest BCUT2D eigenvalue weighted by Crippen LogP contribution is 2.50. The first kappa shape index (κ1) is 21.1. The zero-order valence-electron chi connectivity index (χ0n) is 17.6. The SMILES string of the molecule is COC(=O)C[C@H]1c2cccnc2Oc2cc(O)c3c(=O)c(O)c(-c4ccc(O)c(O)c4)oc3c21. The van der Waals surface area contributed by atoms with Crippen molar-refractivity contribution in [3.05, 3.63) is 63.9 Å². The highest BCUT2D eigenvalue weighted by molar-refractivity contribution is 5.93. The molecule has 2 aromatic carbocycles. The molecule has 0 unspecified atom stereocenters. The van der Waals surface area contributed by atoms with Gasteiger partial charge in [0.25, 0.3) is 0 Å². The Balaban J connectivity index is 1.85. The van der Waals surface area contributed by atoms with Gasteiger partial charge in [-0.1, -0.05) is 6.07 Å². The van der Waals surface area contributed by atoms with Crippen molar-refractivity contribution in [2.75, 3.05) is 7.11 Å². The first-order valence-corrected chi connectivity index (χ1v) is 10.1. The van der Waals surface area contributed by atoms with E-state index in [0.717, 1.165) is 12.1 Å². The van der Waals surface area contributed by atoms with Crippen molar-refractivity contribution in [2.45, 2.75) is 12.3 Å². The summed E-state index contributed by atoms with van der Waals surface area (Å²) in [5.41, 5.74) is -0.152. The van der Waals surface area contributed by atoms with Crippen LogP contribution in [0, 0.1) is 0 Å². The lowest BCUT2D eigenvalue weighted by Gasteiger charge is -2.27. The number of ether oxygens (including phenoxy) is 2. The number of aromatic hydroxyl groups is 4. The van der Waals surface area contributed by atoms with Crippen LogP contribution in [0.5, 0.6) is 34.6 Å². The molecule has 4 aromatic rings. The quantitative estimate of drug-likeness (QED) is 0.262. The predicted molar refractivity (Wildman–Crippen MR) is 117 cm³/mol. The van der Waals surface area contributed by atoms with Gasteiger partial charge in [0.05, 0.1) is 13.5 Å². The van der Waals surface area contributed by atoms with E-state index in [1.165, 1.54) is 25.4 Å². The summed E-state index contributed by atoms with van der Waals surface area (Å²) in [5.74, 6) is -3.46. The van der Waals surface area contributed by atoms with Crippen LogP contribution in [0.15, 0.2) is 51.8 Å². The minimum Gasteiger partial charge on any atom is -0.507 e. The maximum Gasteiger partial charge on any atom is 0.306 e.